The number of carbonyl (C=O) groups is 2. The molecule has 1 fully saturated rings. The van der Waals surface area contributed by atoms with Crippen LogP contribution in [-0.4, -0.2) is 35.5 Å². The summed E-state index contributed by atoms with van der Waals surface area (Å²) >= 11 is 0. The molecule has 4 rings (SSSR count). The average molecular weight is 408 g/mol. The third-order valence-electron chi connectivity index (χ3n) is 4.60. The number of ether oxygens (including phenoxy) is 1. The molecule has 1 aliphatic rings. The maximum Gasteiger partial charge on any atom is 0.249 e. The lowest BCUT2D eigenvalue weighted by atomic mass is 10.0. The number of hydrogen-bond donors (Lipinski definition) is 2. The molecule has 6 heteroatoms. The summed E-state index contributed by atoms with van der Waals surface area (Å²) in [7, 11) is 1.00. The van der Waals surface area contributed by atoms with Gasteiger partial charge in [0, 0.05) is 30.9 Å². The molecule has 0 spiro atoms. The monoisotopic (exact) mass is 408 g/mol. The van der Waals surface area contributed by atoms with Gasteiger partial charge in [0.05, 0.1) is 23.4 Å². The van der Waals surface area contributed by atoms with E-state index in [4.69, 9.17) is 15.6 Å². The van der Waals surface area contributed by atoms with E-state index in [9.17, 15) is 9.59 Å². The Bertz CT molecular complexity index is 976. The van der Waals surface area contributed by atoms with Crippen molar-refractivity contribution in [2.45, 2.75) is 32.6 Å². The second-order valence-corrected chi connectivity index (χ2v) is 6.64. The fraction of sp³-hybridized carbons (Fsp3) is 0.292. The van der Waals surface area contributed by atoms with Gasteiger partial charge < -0.3 is 15.6 Å². The van der Waals surface area contributed by atoms with Crippen molar-refractivity contribution >= 4 is 22.6 Å². The maximum absolute atomic E-state index is 11.7. The number of rotatable bonds is 4. The fourth-order valence-corrected chi connectivity index (χ4v) is 3.19. The third kappa shape index (κ3) is 6.12. The van der Waals surface area contributed by atoms with Crippen LogP contribution in [0.2, 0.25) is 0 Å². The number of amides is 1. The van der Waals surface area contributed by atoms with Gasteiger partial charge in [-0.1, -0.05) is 18.2 Å². The molecule has 2 aromatic carbocycles. The molecule has 0 radical (unpaired) electrons. The molecule has 6 nitrogen and oxygen atoms in total. The third-order valence-corrected chi connectivity index (χ3v) is 4.60. The highest BCUT2D eigenvalue weighted by Crippen LogP contribution is 2.26. The van der Waals surface area contributed by atoms with E-state index in [0.29, 0.717) is 18.0 Å². The van der Waals surface area contributed by atoms with Crippen molar-refractivity contribution in [2.75, 3.05) is 13.7 Å². The molecule has 0 atom stereocenters. The second-order valence-electron chi connectivity index (χ2n) is 6.64. The lowest BCUT2D eigenvalue weighted by Gasteiger charge is -2.08. The van der Waals surface area contributed by atoms with E-state index < -0.39 is 5.91 Å². The number of nitrogens with two attached hydrogens (primary N) is 1. The van der Waals surface area contributed by atoms with Crippen molar-refractivity contribution in [2.24, 2.45) is 5.73 Å². The molecule has 1 aliphatic carbocycles. The Balaban J connectivity index is 0.000000340. The summed E-state index contributed by atoms with van der Waals surface area (Å²) in [6, 6.07) is 16.8. The van der Waals surface area contributed by atoms with Crippen LogP contribution in [0.1, 0.15) is 43.0 Å². The molecule has 3 N–H and O–H groups in total. The molecule has 0 bridgehead atoms. The molecule has 0 aliphatic heterocycles. The van der Waals surface area contributed by atoms with Crippen molar-refractivity contribution in [1.82, 2.24) is 4.98 Å². The van der Waals surface area contributed by atoms with E-state index in [2.05, 4.69) is 4.98 Å². The molecule has 1 saturated carbocycles. The number of hydrogen-bond acceptors (Lipinski definition) is 5. The average Bonchev–Trinajstić information content (AvgIpc) is 3.26. The first kappa shape index (κ1) is 23.0. The van der Waals surface area contributed by atoms with Crippen molar-refractivity contribution in [3.05, 3.63) is 60.2 Å². The normalized spacial score (nSPS) is 12.4. The van der Waals surface area contributed by atoms with Gasteiger partial charge in [0.25, 0.3) is 0 Å². The van der Waals surface area contributed by atoms with Gasteiger partial charge in [-0.3, -0.25) is 9.59 Å². The Hall–Kier alpha value is -3.25. The zero-order valence-electron chi connectivity index (χ0n) is 17.4. The standard InChI is InChI=1S/C18H16N2O2.C5H8O.CH4O/c1-2-22-13-9-7-12(8-10-13)17-11-15(18(19)21)14-5-3-4-6-16(14)20-17;6-5-3-1-2-4-5;1-2/h3-11H,2H2,1H3,(H2,19,21);1-4H2;2H,1H3. The van der Waals surface area contributed by atoms with Crippen molar-refractivity contribution in [3.8, 4) is 17.0 Å². The van der Waals surface area contributed by atoms with Crippen LogP contribution in [0.15, 0.2) is 54.6 Å². The van der Waals surface area contributed by atoms with Gasteiger partial charge in [0.1, 0.15) is 11.5 Å². The molecule has 1 aromatic heterocycles. The van der Waals surface area contributed by atoms with Gasteiger partial charge in [-0.2, -0.15) is 0 Å². The Kier molecular flexibility index (Phi) is 8.97. The van der Waals surface area contributed by atoms with Gasteiger partial charge >= 0.3 is 0 Å². The Labute approximate surface area is 176 Å². The molecule has 158 valence electrons. The number of ketones is 1. The van der Waals surface area contributed by atoms with Crippen molar-refractivity contribution in [1.29, 1.82) is 0 Å². The summed E-state index contributed by atoms with van der Waals surface area (Å²) in [6.45, 7) is 2.57. The Morgan fingerprint density at radius 2 is 1.70 bits per heavy atom. The first-order valence-electron chi connectivity index (χ1n) is 9.97. The van der Waals surface area contributed by atoms with Crippen LogP contribution in [0.4, 0.5) is 0 Å². The molecule has 30 heavy (non-hydrogen) atoms. The highest BCUT2D eigenvalue weighted by Gasteiger charge is 2.11. The zero-order valence-corrected chi connectivity index (χ0v) is 17.4. The smallest absolute Gasteiger partial charge is 0.249 e. The quantitative estimate of drug-likeness (QED) is 0.675. The van der Waals surface area contributed by atoms with Crippen LogP contribution in [0.3, 0.4) is 0 Å². The number of aliphatic hydroxyl groups excluding tert-OH is 1. The van der Waals surface area contributed by atoms with Crippen LogP contribution in [0.5, 0.6) is 5.75 Å². The molecular weight excluding hydrogens is 380 g/mol. The van der Waals surface area contributed by atoms with E-state index in [1.54, 1.807) is 6.07 Å². The van der Waals surface area contributed by atoms with E-state index in [0.717, 1.165) is 60.7 Å². The Morgan fingerprint density at radius 1 is 1.07 bits per heavy atom. The first-order valence-corrected chi connectivity index (χ1v) is 9.97. The number of pyridine rings is 1. The Morgan fingerprint density at radius 3 is 2.23 bits per heavy atom. The topological polar surface area (TPSA) is 103 Å². The number of fused-ring (bicyclic) bond motifs is 1. The molecule has 0 saturated heterocycles. The number of aromatic nitrogens is 1. The van der Waals surface area contributed by atoms with Crippen LogP contribution in [0.25, 0.3) is 22.2 Å². The molecule has 0 unspecified atom stereocenters. The fourth-order valence-electron chi connectivity index (χ4n) is 3.19. The second kappa shape index (κ2) is 11.7. The summed E-state index contributed by atoms with van der Waals surface area (Å²) in [5.41, 5.74) is 8.37. The van der Waals surface area contributed by atoms with Crippen LogP contribution in [0, 0.1) is 0 Å². The van der Waals surface area contributed by atoms with Gasteiger partial charge in [-0.25, -0.2) is 4.98 Å². The van der Waals surface area contributed by atoms with E-state index in [1.165, 1.54) is 0 Å². The number of carbonyl (C=O) groups excluding carboxylic acids is 2. The van der Waals surface area contributed by atoms with Gasteiger partial charge in [0.2, 0.25) is 5.91 Å². The SMILES string of the molecule is CCOc1ccc(-c2cc(C(N)=O)c3ccccc3n2)cc1.CO.O=C1CCCC1. The van der Waals surface area contributed by atoms with E-state index >= 15 is 0 Å². The summed E-state index contributed by atoms with van der Waals surface area (Å²) < 4.78 is 5.43. The minimum atomic E-state index is -0.453. The van der Waals surface area contributed by atoms with Crippen molar-refractivity contribution in [3.63, 3.8) is 0 Å². The van der Waals surface area contributed by atoms with Gasteiger partial charge in [-0.05, 0) is 56.2 Å². The summed E-state index contributed by atoms with van der Waals surface area (Å²) in [5, 5.41) is 7.77. The zero-order chi connectivity index (χ0) is 21.9. The predicted octanol–water partition coefficient (Wildman–Crippen LogP) is 4.14. The predicted molar refractivity (Wildman–Crippen MR) is 118 cm³/mol. The van der Waals surface area contributed by atoms with Gasteiger partial charge in [-0.15, -0.1) is 0 Å². The van der Waals surface area contributed by atoms with Crippen LogP contribution < -0.4 is 10.5 Å². The van der Waals surface area contributed by atoms with Crippen molar-refractivity contribution < 1.29 is 19.4 Å². The van der Waals surface area contributed by atoms with Crippen LogP contribution in [-0.2, 0) is 4.79 Å². The maximum atomic E-state index is 11.7. The molecular formula is C24H28N2O4. The minimum absolute atomic E-state index is 0.453. The number of benzene rings is 2. The number of primary amides is 1. The highest BCUT2D eigenvalue weighted by atomic mass is 16.5. The lowest BCUT2D eigenvalue weighted by molar-refractivity contribution is -0.117. The summed E-state index contributed by atoms with van der Waals surface area (Å²) in [4.78, 5) is 26.6. The number of para-hydroxylation sites is 1. The number of nitrogens with zero attached hydrogens (tertiary/aromatic N) is 1. The first-order chi connectivity index (χ1) is 14.6. The van der Waals surface area contributed by atoms with E-state index in [-0.39, 0.29) is 0 Å². The number of Topliss-reactive ketones (excluding diaryl/α,β-unsaturated/α-hetero) is 1. The molecule has 1 amide bonds. The summed E-state index contributed by atoms with van der Waals surface area (Å²) in [5.74, 6) is 0.808. The van der Waals surface area contributed by atoms with Crippen LogP contribution >= 0.6 is 0 Å². The lowest BCUT2D eigenvalue weighted by Crippen LogP contribution is -2.12. The molecule has 3 aromatic rings. The highest BCUT2D eigenvalue weighted by molar-refractivity contribution is 6.06. The minimum Gasteiger partial charge on any atom is -0.494 e. The summed E-state index contributed by atoms with van der Waals surface area (Å²) in [6.07, 6.45) is 3.97. The largest absolute Gasteiger partial charge is 0.494 e. The molecule has 1 heterocycles. The number of aliphatic hydroxyl groups is 1. The van der Waals surface area contributed by atoms with E-state index in [1.807, 2.05) is 55.5 Å². The van der Waals surface area contributed by atoms with Gasteiger partial charge in [0.15, 0.2) is 0 Å².